The van der Waals surface area contributed by atoms with Gasteiger partial charge >= 0.3 is 0 Å². The van der Waals surface area contributed by atoms with Crippen LogP contribution in [0, 0.1) is 0 Å². The van der Waals surface area contributed by atoms with Gasteiger partial charge in [-0.2, -0.15) is 4.31 Å². The summed E-state index contributed by atoms with van der Waals surface area (Å²) in [5.74, 6) is 1.25. The van der Waals surface area contributed by atoms with E-state index in [-0.39, 0.29) is 29.8 Å². The Morgan fingerprint density at radius 2 is 1.96 bits per heavy atom. The monoisotopic (exact) mass is 395 g/mol. The zero-order chi connectivity index (χ0) is 19.0. The summed E-state index contributed by atoms with van der Waals surface area (Å²) in [5.41, 5.74) is 0.333. The molecular weight excluding hydrogens is 366 g/mol. The number of rotatable bonds is 7. The maximum Gasteiger partial charge on any atom is 0.273 e. The number of amides is 1. The van der Waals surface area contributed by atoms with Gasteiger partial charge in [0.2, 0.25) is 10.0 Å². The Hall–Kier alpha value is -1.41. The van der Waals surface area contributed by atoms with Gasteiger partial charge in [-0.1, -0.05) is 24.9 Å². The van der Waals surface area contributed by atoms with Crippen molar-refractivity contribution in [2.24, 2.45) is 0 Å². The molecule has 27 heavy (non-hydrogen) atoms. The topological polar surface area (TPSA) is 92.5 Å². The first-order chi connectivity index (χ1) is 13.0. The van der Waals surface area contributed by atoms with Crippen LogP contribution >= 0.6 is 0 Å². The average molecular weight is 396 g/mol. The van der Waals surface area contributed by atoms with E-state index in [1.807, 2.05) is 6.92 Å². The minimum absolute atomic E-state index is 0.00369. The molecule has 1 aromatic rings. The van der Waals surface area contributed by atoms with E-state index in [0.29, 0.717) is 30.9 Å². The Morgan fingerprint density at radius 3 is 2.59 bits per heavy atom. The highest BCUT2D eigenvalue weighted by Gasteiger charge is 2.44. The van der Waals surface area contributed by atoms with E-state index in [1.54, 1.807) is 10.4 Å². The van der Waals surface area contributed by atoms with Crippen molar-refractivity contribution in [3.05, 3.63) is 17.5 Å². The second-order valence-corrected chi connectivity index (χ2v) is 10.3. The van der Waals surface area contributed by atoms with Crippen molar-refractivity contribution in [3.8, 4) is 0 Å². The number of piperidine rings is 2. The maximum absolute atomic E-state index is 12.8. The van der Waals surface area contributed by atoms with E-state index in [0.717, 1.165) is 44.3 Å². The van der Waals surface area contributed by atoms with E-state index < -0.39 is 10.0 Å². The summed E-state index contributed by atoms with van der Waals surface area (Å²) in [6.07, 6.45) is 7.96. The molecular formula is C19H29N3O4S. The summed E-state index contributed by atoms with van der Waals surface area (Å²) in [6, 6.07) is 1.75. The molecule has 2 unspecified atom stereocenters. The molecule has 0 radical (unpaired) electrons. The van der Waals surface area contributed by atoms with Gasteiger partial charge in [0.05, 0.1) is 5.75 Å². The molecule has 2 aliphatic heterocycles. The summed E-state index contributed by atoms with van der Waals surface area (Å²) in [7, 11) is -3.21. The van der Waals surface area contributed by atoms with Crippen LogP contribution in [-0.4, -0.2) is 47.7 Å². The second-order valence-electron chi connectivity index (χ2n) is 8.27. The summed E-state index contributed by atoms with van der Waals surface area (Å²) in [6.45, 7) is 2.01. The first kappa shape index (κ1) is 18.9. The van der Waals surface area contributed by atoms with Gasteiger partial charge in [0, 0.05) is 30.1 Å². The Kier molecular flexibility index (Phi) is 5.29. The molecule has 0 aromatic carbocycles. The van der Waals surface area contributed by atoms with Crippen molar-refractivity contribution < 1.29 is 17.7 Å². The molecule has 7 nitrogen and oxygen atoms in total. The first-order valence-electron chi connectivity index (χ1n) is 10.3. The van der Waals surface area contributed by atoms with Crippen LogP contribution in [0.5, 0.6) is 0 Å². The van der Waals surface area contributed by atoms with Gasteiger partial charge in [-0.3, -0.25) is 4.79 Å². The van der Waals surface area contributed by atoms with Gasteiger partial charge in [0.15, 0.2) is 5.69 Å². The molecule has 2 saturated heterocycles. The maximum atomic E-state index is 12.8. The van der Waals surface area contributed by atoms with Crippen LogP contribution in [0.15, 0.2) is 10.6 Å². The summed E-state index contributed by atoms with van der Waals surface area (Å²) < 4.78 is 32.6. The number of nitrogens with zero attached hydrogens (tertiary/aromatic N) is 2. The van der Waals surface area contributed by atoms with Crippen molar-refractivity contribution in [2.75, 3.05) is 5.75 Å². The summed E-state index contributed by atoms with van der Waals surface area (Å²) >= 11 is 0. The highest BCUT2D eigenvalue weighted by atomic mass is 32.2. The van der Waals surface area contributed by atoms with E-state index in [2.05, 4.69) is 10.5 Å². The fourth-order valence-corrected chi connectivity index (χ4v) is 6.71. The SMILES string of the molecule is CCCCS(=O)(=O)N1C2CCCC1CC(NC(=O)c1cc(C3CC3)on1)C2. The third-order valence-corrected chi connectivity index (χ3v) is 8.10. The highest BCUT2D eigenvalue weighted by Crippen LogP contribution is 2.40. The van der Waals surface area contributed by atoms with E-state index >= 15 is 0 Å². The number of fused-ring (bicyclic) bond motifs is 2. The number of hydrogen-bond acceptors (Lipinski definition) is 5. The normalized spacial score (nSPS) is 28.9. The smallest absolute Gasteiger partial charge is 0.273 e. The first-order valence-corrected chi connectivity index (χ1v) is 11.9. The lowest BCUT2D eigenvalue weighted by Gasteiger charge is -2.47. The van der Waals surface area contributed by atoms with E-state index in [4.69, 9.17) is 4.52 Å². The number of aromatic nitrogens is 1. The second kappa shape index (κ2) is 7.54. The van der Waals surface area contributed by atoms with Gasteiger partial charge in [0.25, 0.3) is 5.91 Å². The molecule has 4 rings (SSSR count). The van der Waals surface area contributed by atoms with Crippen LogP contribution in [0.4, 0.5) is 0 Å². The number of unbranched alkanes of at least 4 members (excludes halogenated alkanes) is 1. The Bertz CT molecular complexity index is 773. The Balaban J connectivity index is 1.41. The molecule has 3 aliphatic rings. The van der Waals surface area contributed by atoms with E-state index in [1.165, 1.54) is 0 Å². The molecule has 1 aliphatic carbocycles. The third-order valence-electron chi connectivity index (χ3n) is 6.06. The van der Waals surface area contributed by atoms with Crippen molar-refractivity contribution in [1.82, 2.24) is 14.8 Å². The predicted molar refractivity (Wildman–Crippen MR) is 101 cm³/mol. The highest BCUT2D eigenvalue weighted by molar-refractivity contribution is 7.89. The van der Waals surface area contributed by atoms with Crippen LogP contribution in [0.1, 0.15) is 86.9 Å². The molecule has 3 fully saturated rings. The van der Waals surface area contributed by atoms with Gasteiger partial charge in [-0.05, 0) is 44.9 Å². The van der Waals surface area contributed by atoms with Crippen molar-refractivity contribution in [2.45, 2.75) is 88.8 Å². The zero-order valence-corrected chi connectivity index (χ0v) is 16.7. The van der Waals surface area contributed by atoms with E-state index in [9.17, 15) is 13.2 Å². The lowest BCUT2D eigenvalue weighted by molar-refractivity contribution is 0.0790. The average Bonchev–Trinajstić information content (AvgIpc) is 3.36. The van der Waals surface area contributed by atoms with Crippen LogP contribution in [-0.2, 0) is 10.0 Å². The number of hydrogen-bond donors (Lipinski definition) is 1. The number of nitrogens with one attached hydrogen (secondary N) is 1. The Labute approximate surface area is 160 Å². The molecule has 2 atom stereocenters. The van der Waals surface area contributed by atoms with Crippen molar-refractivity contribution in [3.63, 3.8) is 0 Å². The molecule has 2 bridgehead atoms. The lowest BCUT2D eigenvalue weighted by Crippen LogP contribution is -2.59. The third kappa shape index (κ3) is 4.06. The standard InChI is InChI=1S/C19H29N3O4S/c1-2-3-9-27(24,25)22-15-5-4-6-16(22)11-14(10-15)20-19(23)17-12-18(26-21-17)13-7-8-13/h12-16H,2-11H2,1H3,(H,20,23). The van der Waals surface area contributed by atoms with Gasteiger partial charge in [0.1, 0.15) is 5.76 Å². The fraction of sp³-hybridized carbons (Fsp3) is 0.789. The molecule has 8 heteroatoms. The number of carbonyl (C=O) groups is 1. The minimum atomic E-state index is -3.21. The minimum Gasteiger partial charge on any atom is -0.360 e. The molecule has 0 spiro atoms. The van der Waals surface area contributed by atoms with Gasteiger partial charge in [-0.25, -0.2) is 8.42 Å². The summed E-state index contributed by atoms with van der Waals surface area (Å²) in [5, 5.41) is 6.98. The van der Waals surface area contributed by atoms with Crippen LogP contribution in [0.3, 0.4) is 0 Å². The van der Waals surface area contributed by atoms with Crippen molar-refractivity contribution in [1.29, 1.82) is 0 Å². The number of sulfonamides is 1. The molecule has 150 valence electrons. The largest absolute Gasteiger partial charge is 0.360 e. The fourth-order valence-electron chi connectivity index (χ4n) is 4.56. The zero-order valence-electron chi connectivity index (χ0n) is 15.9. The molecule has 1 N–H and O–H groups in total. The molecule has 3 heterocycles. The number of carbonyl (C=O) groups excluding carboxylic acids is 1. The quantitative estimate of drug-likeness (QED) is 0.766. The van der Waals surface area contributed by atoms with Crippen LogP contribution in [0.25, 0.3) is 0 Å². The van der Waals surface area contributed by atoms with Crippen LogP contribution < -0.4 is 5.32 Å². The molecule has 1 saturated carbocycles. The van der Waals surface area contributed by atoms with Crippen molar-refractivity contribution >= 4 is 15.9 Å². The van der Waals surface area contributed by atoms with Gasteiger partial charge < -0.3 is 9.84 Å². The molecule has 1 aromatic heterocycles. The summed E-state index contributed by atoms with van der Waals surface area (Å²) in [4.78, 5) is 12.5. The predicted octanol–water partition coefficient (Wildman–Crippen LogP) is 2.80. The van der Waals surface area contributed by atoms with Gasteiger partial charge in [-0.15, -0.1) is 0 Å². The Morgan fingerprint density at radius 1 is 1.26 bits per heavy atom. The molecule has 1 amide bonds. The lowest BCUT2D eigenvalue weighted by atomic mass is 9.84. The van der Waals surface area contributed by atoms with Crippen LogP contribution in [0.2, 0.25) is 0 Å².